The summed E-state index contributed by atoms with van der Waals surface area (Å²) in [6, 6.07) is 13.9. The lowest BCUT2D eigenvalue weighted by molar-refractivity contribution is 0.297. The lowest BCUT2D eigenvalue weighted by atomic mass is 10.0. The normalized spacial score (nSPS) is 12.1. The Balaban J connectivity index is 1.94. The van der Waals surface area contributed by atoms with Gasteiger partial charge in [-0.3, -0.25) is 0 Å². The van der Waals surface area contributed by atoms with Crippen molar-refractivity contribution in [2.75, 3.05) is 13.7 Å². The van der Waals surface area contributed by atoms with Crippen LogP contribution in [0.25, 0.3) is 0 Å². The second-order valence-electron chi connectivity index (χ2n) is 5.73. The molecule has 3 N–H and O–H groups in total. The fourth-order valence-electron chi connectivity index (χ4n) is 2.65. The number of nitrogens with one attached hydrogen (secondary N) is 1. The van der Waals surface area contributed by atoms with Crippen molar-refractivity contribution in [1.29, 1.82) is 0 Å². The first kappa shape index (κ1) is 17.3. The van der Waals surface area contributed by atoms with Gasteiger partial charge in [-0.15, -0.1) is 0 Å². The molecule has 0 aliphatic heterocycles. The van der Waals surface area contributed by atoms with E-state index in [1.54, 1.807) is 13.2 Å². The molecule has 124 valence electrons. The zero-order valence-corrected chi connectivity index (χ0v) is 13.7. The van der Waals surface area contributed by atoms with Crippen molar-refractivity contribution in [3.63, 3.8) is 0 Å². The van der Waals surface area contributed by atoms with Crippen LogP contribution in [0.2, 0.25) is 0 Å². The summed E-state index contributed by atoms with van der Waals surface area (Å²) in [5.41, 5.74) is 3.07. The first-order valence-corrected chi connectivity index (χ1v) is 7.91. The summed E-state index contributed by atoms with van der Waals surface area (Å²) in [7, 11) is 1.68. The van der Waals surface area contributed by atoms with E-state index < -0.39 is 0 Å². The van der Waals surface area contributed by atoms with Gasteiger partial charge in [0.05, 0.1) is 7.11 Å². The Morgan fingerprint density at radius 3 is 2.65 bits per heavy atom. The van der Waals surface area contributed by atoms with Crippen molar-refractivity contribution in [2.24, 2.45) is 0 Å². The van der Waals surface area contributed by atoms with Crippen molar-refractivity contribution >= 4 is 0 Å². The van der Waals surface area contributed by atoms with Gasteiger partial charge >= 0.3 is 0 Å². The average Bonchev–Trinajstić information content (AvgIpc) is 2.56. The molecule has 0 aromatic heterocycles. The molecule has 0 amide bonds. The number of rotatable bonds is 8. The van der Waals surface area contributed by atoms with Crippen LogP contribution in [0.1, 0.15) is 23.6 Å². The molecule has 23 heavy (non-hydrogen) atoms. The number of aliphatic hydroxyl groups excluding tert-OH is 1. The maximum absolute atomic E-state index is 9.77. The van der Waals surface area contributed by atoms with Crippen molar-refractivity contribution in [3.05, 3.63) is 59.2 Å². The maximum atomic E-state index is 9.77. The van der Waals surface area contributed by atoms with E-state index >= 15 is 0 Å². The van der Waals surface area contributed by atoms with Crippen molar-refractivity contribution in [3.8, 4) is 11.5 Å². The summed E-state index contributed by atoms with van der Waals surface area (Å²) in [5, 5.41) is 22.3. The molecular weight excluding hydrogens is 290 g/mol. The molecule has 4 heteroatoms. The number of hydrogen-bond acceptors (Lipinski definition) is 4. The van der Waals surface area contributed by atoms with Gasteiger partial charge in [0, 0.05) is 24.8 Å². The molecule has 0 aliphatic rings. The molecule has 0 fully saturated rings. The molecule has 0 spiro atoms. The minimum atomic E-state index is 0.0403. The zero-order chi connectivity index (χ0) is 16.7. The van der Waals surface area contributed by atoms with Crippen LogP contribution in [-0.4, -0.2) is 30.0 Å². The van der Waals surface area contributed by atoms with Gasteiger partial charge in [-0.1, -0.05) is 30.3 Å². The molecule has 0 heterocycles. The van der Waals surface area contributed by atoms with Gasteiger partial charge in [0.2, 0.25) is 0 Å². The molecule has 0 saturated carbocycles. The smallest absolute Gasteiger partial charge is 0.123 e. The minimum absolute atomic E-state index is 0.0403. The summed E-state index contributed by atoms with van der Waals surface area (Å²) < 4.78 is 5.36. The van der Waals surface area contributed by atoms with Crippen molar-refractivity contribution in [2.45, 2.75) is 32.4 Å². The van der Waals surface area contributed by atoms with E-state index in [0.717, 1.165) is 35.4 Å². The minimum Gasteiger partial charge on any atom is -0.508 e. The van der Waals surface area contributed by atoms with Crippen LogP contribution >= 0.6 is 0 Å². The van der Waals surface area contributed by atoms with E-state index in [9.17, 15) is 5.11 Å². The molecule has 2 rings (SSSR count). The molecule has 4 nitrogen and oxygen atoms in total. The molecule has 0 saturated heterocycles. The van der Waals surface area contributed by atoms with Gasteiger partial charge in [0.1, 0.15) is 11.5 Å². The first-order valence-electron chi connectivity index (χ1n) is 7.91. The van der Waals surface area contributed by atoms with E-state index in [4.69, 9.17) is 9.84 Å². The summed E-state index contributed by atoms with van der Waals surface area (Å²) >= 11 is 0. The first-order chi connectivity index (χ1) is 11.1. The number of benzene rings is 2. The van der Waals surface area contributed by atoms with Crippen LogP contribution in [0.3, 0.4) is 0 Å². The Kier molecular flexibility index (Phi) is 6.44. The summed E-state index contributed by atoms with van der Waals surface area (Å²) in [5.74, 6) is 1.14. The van der Waals surface area contributed by atoms with Crippen LogP contribution in [0.15, 0.2) is 42.5 Å². The fraction of sp³-hybridized carbons (Fsp3) is 0.368. The van der Waals surface area contributed by atoms with E-state index in [1.807, 2.05) is 30.3 Å². The topological polar surface area (TPSA) is 61.7 Å². The van der Waals surface area contributed by atoms with Crippen LogP contribution in [0.4, 0.5) is 0 Å². The van der Waals surface area contributed by atoms with Crippen LogP contribution < -0.4 is 10.1 Å². The number of aliphatic hydroxyl groups is 1. The number of aromatic hydroxyl groups is 1. The molecule has 2 aromatic rings. The highest BCUT2D eigenvalue weighted by molar-refractivity contribution is 5.37. The number of hydrogen-bond donors (Lipinski definition) is 3. The van der Waals surface area contributed by atoms with Crippen molar-refractivity contribution < 1.29 is 14.9 Å². The third kappa shape index (κ3) is 4.98. The number of phenolic OH excluding ortho intramolecular Hbond substituents is 1. The van der Waals surface area contributed by atoms with Crippen molar-refractivity contribution in [1.82, 2.24) is 5.32 Å². The highest BCUT2D eigenvalue weighted by Crippen LogP contribution is 2.20. The highest BCUT2D eigenvalue weighted by atomic mass is 16.5. The second-order valence-corrected chi connectivity index (χ2v) is 5.73. The Morgan fingerprint density at radius 1 is 1.13 bits per heavy atom. The van der Waals surface area contributed by atoms with Gasteiger partial charge in [-0.25, -0.2) is 0 Å². The van der Waals surface area contributed by atoms with Gasteiger partial charge in [0.15, 0.2) is 0 Å². The van der Waals surface area contributed by atoms with Crippen LogP contribution in [0, 0.1) is 0 Å². The Hall–Kier alpha value is -2.04. The molecule has 1 atom stereocenters. The lowest BCUT2D eigenvalue weighted by Crippen LogP contribution is -2.27. The maximum Gasteiger partial charge on any atom is 0.123 e. The number of ether oxygens (including phenoxy) is 1. The Morgan fingerprint density at radius 2 is 1.91 bits per heavy atom. The quantitative estimate of drug-likeness (QED) is 0.701. The highest BCUT2D eigenvalue weighted by Gasteiger charge is 2.08. The van der Waals surface area contributed by atoms with Crippen LogP contribution in [0.5, 0.6) is 11.5 Å². The molecule has 1 unspecified atom stereocenters. The Labute approximate surface area is 137 Å². The third-order valence-electron chi connectivity index (χ3n) is 3.90. The summed E-state index contributed by atoms with van der Waals surface area (Å²) in [6.07, 6.45) is 1.33. The summed E-state index contributed by atoms with van der Waals surface area (Å²) in [6.45, 7) is 2.92. The van der Waals surface area contributed by atoms with E-state index in [0.29, 0.717) is 6.42 Å². The standard InChI is InChI=1S/C19H25NO3/c1-14(20-13-17-5-3-4-6-19(17)23-2)11-15-7-8-18(22)16(12-15)9-10-21/h3-8,12,14,20-22H,9-11,13H2,1-2H3. The fourth-order valence-corrected chi connectivity index (χ4v) is 2.65. The van der Waals surface area contributed by atoms with Gasteiger partial charge in [0.25, 0.3) is 0 Å². The third-order valence-corrected chi connectivity index (χ3v) is 3.90. The van der Waals surface area contributed by atoms with E-state index in [-0.39, 0.29) is 18.4 Å². The summed E-state index contributed by atoms with van der Waals surface area (Å²) in [4.78, 5) is 0. The predicted molar refractivity (Wildman–Crippen MR) is 91.9 cm³/mol. The number of para-hydroxylation sites is 1. The Bertz CT molecular complexity index is 628. The molecule has 2 aromatic carbocycles. The second kappa shape index (κ2) is 8.56. The SMILES string of the molecule is COc1ccccc1CNC(C)Cc1ccc(O)c(CCO)c1. The van der Waals surface area contributed by atoms with E-state index in [1.165, 1.54) is 0 Å². The number of phenols is 1. The molecule has 0 aliphatic carbocycles. The number of methoxy groups -OCH3 is 1. The molecular formula is C19H25NO3. The van der Waals surface area contributed by atoms with Gasteiger partial charge in [-0.05, 0) is 43.0 Å². The molecule has 0 bridgehead atoms. The largest absolute Gasteiger partial charge is 0.508 e. The van der Waals surface area contributed by atoms with E-state index in [2.05, 4.69) is 18.3 Å². The van der Waals surface area contributed by atoms with Crippen LogP contribution in [-0.2, 0) is 19.4 Å². The monoisotopic (exact) mass is 315 g/mol. The average molecular weight is 315 g/mol. The van der Waals surface area contributed by atoms with Gasteiger partial charge in [-0.2, -0.15) is 0 Å². The molecule has 0 radical (unpaired) electrons. The lowest BCUT2D eigenvalue weighted by Gasteiger charge is -2.16. The predicted octanol–water partition coefficient (Wildman–Crippen LogP) is 2.66. The zero-order valence-electron chi connectivity index (χ0n) is 13.7. The van der Waals surface area contributed by atoms with Gasteiger partial charge < -0.3 is 20.3 Å².